The van der Waals surface area contributed by atoms with Crippen LogP contribution in [0.3, 0.4) is 0 Å². The predicted molar refractivity (Wildman–Crippen MR) is 99.9 cm³/mol. The smallest absolute Gasteiger partial charge is 0.134 e. The second kappa shape index (κ2) is 6.12. The van der Waals surface area contributed by atoms with Crippen LogP contribution in [0, 0.1) is 0 Å². The number of nitrogens with zero attached hydrogens (tertiary/aromatic N) is 2. The van der Waals surface area contributed by atoms with Crippen LogP contribution in [0.1, 0.15) is 44.5 Å². The number of benzene rings is 2. The van der Waals surface area contributed by atoms with Crippen molar-refractivity contribution in [3.05, 3.63) is 65.5 Å². The minimum absolute atomic E-state index is 0.0356. The largest absolute Gasteiger partial charge is 0.496 e. The molecule has 3 rings (SSSR count). The molecule has 0 spiro atoms. The van der Waals surface area contributed by atoms with E-state index in [0.717, 1.165) is 16.6 Å². The van der Waals surface area contributed by atoms with Gasteiger partial charge in [-0.05, 0) is 42.2 Å². The maximum absolute atomic E-state index is 11.3. The molecule has 0 fully saturated rings. The maximum atomic E-state index is 11.3. The highest BCUT2D eigenvalue weighted by Gasteiger charge is 2.32. The van der Waals surface area contributed by atoms with E-state index in [1.54, 1.807) is 20.2 Å². The Balaban J connectivity index is 2.17. The monoisotopic (exact) mass is 336 g/mol. The van der Waals surface area contributed by atoms with E-state index in [0.29, 0.717) is 17.0 Å². The van der Waals surface area contributed by atoms with Crippen molar-refractivity contribution in [1.29, 1.82) is 0 Å². The third-order valence-corrected chi connectivity index (χ3v) is 4.54. The van der Waals surface area contributed by atoms with Crippen molar-refractivity contribution in [1.82, 2.24) is 9.97 Å². The molecule has 0 radical (unpaired) electrons. The normalized spacial score (nSPS) is 14.3. The van der Waals surface area contributed by atoms with Gasteiger partial charge in [0.05, 0.1) is 30.0 Å². The highest BCUT2D eigenvalue weighted by molar-refractivity contribution is 5.73. The first-order chi connectivity index (χ1) is 11.7. The van der Waals surface area contributed by atoms with Gasteiger partial charge in [0.25, 0.3) is 0 Å². The lowest BCUT2D eigenvalue weighted by Crippen LogP contribution is -2.26. The molecule has 0 amide bonds. The van der Waals surface area contributed by atoms with E-state index in [1.807, 2.05) is 42.5 Å². The Morgan fingerprint density at radius 1 is 0.960 bits per heavy atom. The van der Waals surface area contributed by atoms with Crippen molar-refractivity contribution in [2.75, 3.05) is 7.11 Å². The number of rotatable bonds is 3. The van der Waals surface area contributed by atoms with E-state index in [1.165, 1.54) is 0 Å². The summed E-state index contributed by atoms with van der Waals surface area (Å²) < 4.78 is 5.50. The lowest BCUT2D eigenvalue weighted by molar-refractivity contribution is 0.0940. The Labute approximate surface area is 148 Å². The zero-order valence-corrected chi connectivity index (χ0v) is 15.4. The van der Waals surface area contributed by atoms with Crippen LogP contribution >= 0.6 is 0 Å². The third kappa shape index (κ3) is 3.22. The van der Waals surface area contributed by atoms with Crippen LogP contribution in [0.5, 0.6) is 5.75 Å². The third-order valence-electron chi connectivity index (χ3n) is 4.54. The summed E-state index contributed by atoms with van der Waals surface area (Å²) in [5.74, 6) is 0.632. The van der Waals surface area contributed by atoms with Crippen LogP contribution in [0.25, 0.3) is 11.0 Å². The number of aromatic nitrogens is 2. The molecule has 130 valence electrons. The summed E-state index contributed by atoms with van der Waals surface area (Å²) in [7, 11) is 1.61. The molecule has 4 heteroatoms. The minimum atomic E-state index is -1.32. The highest BCUT2D eigenvalue weighted by Crippen LogP contribution is 2.37. The number of ether oxygens (including phenoxy) is 1. The Bertz CT molecular complexity index is 911. The minimum Gasteiger partial charge on any atom is -0.496 e. The van der Waals surface area contributed by atoms with Gasteiger partial charge in [-0.2, -0.15) is 0 Å². The van der Waals surface area contributed by atoms with Gasteiger partial charge >= 0.3 is 0 Å². The number of aliphatic hydroxyl groups is 1. The van der Waals surface area contributed by atoms with Crippen molar-refractivity contribution in [2.45, 2.75) is 38.7 Å². The van der Waals surface area contributed by atoms with E-state index < -0.39 is 5.60 Å². The molecule has 0 bridgehead atoms. The molecule has 0 saturated heterocycles. The van der Waals surface area contributed by atoms with E-state index in [2.05, 4.69) is 30.7 Å². The number of methoxy groups -OCH3 is 1. The zero-order valence-electron chi connectivity index (χ0n) is 15.4. The van der Waals surface area contributed by atoms with Crippen molar-refractivity contribution in [3.8, 4) is 5.75 Å². The SMILES string of the molecule is COc1ccc(C(C)(C)C)cc1C(C)(O)c1cnc2ccccc2n1. The van der Waals surface area contributed by atoms with E-state index in [9.17, 15) is 5.11 Å². The Hall–Kier alpha value is -2.46. The molecule has 1 heterocycles. The van der Waals surface area contributed by atoms with Crippen LogP contribution in [-0.2, 0) is 11.0 Å². The van der Waals surface area contributed by atoms with E-state index >= 15 is 0 Å². The van der Waals surface area contributed by atoms with Crippen molar-refractivity contribution in [3.63, 3.8) is 0 Å². The molecule has 4 nitrogen and oxygen atoms in total. The molecule has 0 aliphatic rings. The summed E-state index contributed by atoms with van der Waals surface area (Å²) >= 11 is 0. The fourth-order valence-corrected chi connectivity index (χ4v) is 2.88. The molecule has 1 N–H and O–H groups in total. The molecule has 25 heavy (non-hydrogen) atoms. The fraction of sp³-hybridized carbons (Fsp3) is 0.333. The van der Waals surface area contributed by atoms with Gasteiger partial charge in [0.2, 0.25) is 0 Å². The van der Waals surface area contributed by atoms with Crippen LogP contribution in [0.2, 0.25) is 0 Å². The van der Waals surface area contributed by atoms with Gasteiger partial charge in [-0.3, -0.25) is 4.98 Å². The van der Waals surface area contributed by atoms with Gasteiger partial charge in [0.15, 0.2) is 0 Å². The van der Waals surface area contributed by atoms with Gasteiger partial charge in [-0.1, -0.05) is 39.0 Å². The van der Waals surface area contributed by atoms with Crippen molar-refractivity contribution in [2.24, 2.45) is 0 Å². The summed E-state index contributed by atoms with van der Waals surface area (Å²) in [6.45, 7) is 8.16. The standard InChI is InChI=1S/C21H24N2O2/c1-20(2,3)14-10-11-18(25-5)15(12-14)21(4,24)19-13-22-16-8-6-7-9-17(16)23-19/h6-13,24H,1-5H3. The topological polar surface area (TPSA) is 55.2 Å². The Morgan fingerprint density at radius 3 is 2.28 bits per heavy atom. The number of para-hydroxylation sites is 2. The first kappa shape index (κ1) is 17.4. The molecule has 0 aliphatic carbocycles. The lowest BCUT2D eigenvalue weighted by atomic mass is 9.82. The number of fused-ring (bicyclic) bond motifs is 1. The summed E-state index contributed by atoms with van der Waals surface area (Å²) in [6.07, 6.45) is 1.63. The number of hydrogen-bond acceptors (Lipinski definition) is 4. The molecule has 1 atom stereocenters. The zero-order chi connectivity index (χ0) is 18.2. The molecule has 0 saturated carbocycles. The van der Waals surface area contributed by atoms with Crippen molar-refractivity contribution >= 4 is 11.0 Å². The first-order valence-corrected chi connectivity index (χ1v) is 8.37. The summed E-state index contributed by atoms with van der Waals surface area (Å²) in [5.41, 5.74) is 2.51. The average molecular weight is 336 g/mol. The first-order valence-electron chi connectivity index (χ1n) is 8.37. The van der Waals surface area contributed by atoms with E-state index in [-0.39, 0.29) is 5.41 Å². The lowest BCUT2D eigenvalue weighted by Gasteiger charge is -2.28. The highest BCUT2D eigenvalue weighted by atomic mass is 16.5. The van der Waals surface area contributed by atoms with Crippen molar-refractivity contribution < 1.29 is 9.84 Å². The second-order valence-electron chi connectivity index (χ2n) is 7.48. The van der Waals surface area contributed by atoms with Gasteiger partial charge in [-0.15, -0.1) is 0 Å². The molecule has 1 aromatic heterocycles. The van der Waals surface area contributed by atoms with Crippen LogP contribution in [0.4, 0.5) is 0 Å². The fourth-order valence-electron chi connectivity index (χ4n) is 2.88. The number of hydrogen-bond donors (Lipinski definition) is 1. The van der Waals surface area contributed by atoms with Crippen LogP contribution in [-0.4, -0.2) is 22.2 Å². The average Bonchev–Trinajstić information content (AvgIpc) is 2.59. The summed E-state index contributed by atoms with van der Waals surface area (Å²) in [6, 6.07) is 13.6. The van der Waals surface area contributed by atoms with Gasteiger partial charge < -0.3 is 9.84 Å². The van der Waals surface area contributed by atoms with Gasteiger partial charge in [0, 0.05) is 5.56 Å². The Kier molecular flexibility index (Phi) is 4.25. The summed E-state index contributed by atoms with van der Waals surface area (Å²) in [5, 5.41) is 11.3. The molecular formula is C21H24N2O2. The maximum Gasteiger partial charge on any atom is 0.134 e. The van der Waals surface area contributed by atoms with Gasteiger partial charge in [0.1, 0.15) is 11.4 Å². The van der Waals surface area contributed by atoms with Crippen LogP contribution < -0.4 is 4.74 Å². The molecule has 2 aromatic carbocycles. The predicted octanol–water partition coefficient (Wildman–Crippen LogP) is 4.19. The van der Waals surface area contributed by atoms with Gasteiger partial charge in [-0.25, -0.2) is 4.98 Å². The molecule has 0 aliphatic heterocycles. The molecular weight excluding hydrogens is 312 g/mol. The van der Waals surface area contributed by atoms with Crippen LogP contribution in [0.15, 0.2) is 48.7 Å². The molecule has 3 aromatic rings. The quantitative estimate of drug-likeness (QED) is 0.779. The van der Waals surface area contributed by atoms with E-state index in [4.69, 9.17) is 4.74 Å². The Morgan fingerprint density at radius 2 is 1.64 bits per heavy atom. The second-order valence-corrected chi connectivity index (χ2v) is 7.48. The molecule has 1 unspecified atom stereocenters. The summed E-state index contributed by atoms with van der Waals surface area (Å²) in [4.78, 5) is 9.06.